The van der Waals surface area contributed by atoms with Gasteiger partial charge in [0.05, 0.1) is 35.8 Å². The van der Waals surface area contributed by atoms with Gasteiger partial charge in [-0.2, -0.15) is 15.0 Å². The molecule has 0 unspecified atom stereocenters. The smallest absolute Gasteiger partial charge is 0.256 e. The molecule has 3 heterocycles. The predicted molar refractivity (Wildman–Crippen MR) is 102 cm³/mol. The number of aromatic nitrogens is 4. The number of amides is 1. The van der Waals surface area contributed by atoms with Crippen LogP contribution in [0.4, 0.5) is 0 Å². The van der Waals surface area contributed by atoms with Crippen molar-refractivity contribution in [2.45, 2.75) is 50.5 Å². The van der Waals surface area contributed by atoms with E-state index in [9.17, 15) is 4.79 Å². The molecular weight excluding hydrogens is 354 g/mol. The fourth-order valence-corrected chi connectivity index (χ4v) is 3.96. The van der Waals surface area contributed by atoms with Crippen molar-refractivity contribution < 1.29 is 9.21 Å². The van der Waals surface area contributed by atoms with E-state index in [4.69, 9.17) is 4.42 Å². The third-order valence-corrected chi connectivity index (χ3v) is 5.78. The summed E-state index contributed by atoms with van der Waals surface area (Å²) in [7, 11) is 0. The zero-order valence-electron chi connectivity index (χ0n) is 15.9. The second-order valence-electron chi connectivity index (χ2n) is 7.79. The quantitative estimate of drug-likeness (QED) is 0.695. The van der Waals surface area contributed by atoms with Crippen LogP contribution in [0.5, 0.6) is 0 Å². The van der Waals surface area contributed by atoms with Crippen LogP contribution in [0.25, 0.3) is 5.69 Å². The molecule has 0 radical (unpaired) electrons. The van der Waals surface area contributed by atoms with Gasteiger partial charge in [0.2, 0.25) is 0 Å². The van der Waals surface area contributed by atoms with E-state index in [0.717, 1.165) is 24.5 Å². The van der Waals surface area contributed by atoms with Crippen LogP contribution in [0.2, 0.25) is 0 Å². The van der Waals surface area contributed by atoms with E-state index in [1.54, 1.807) is 12.4 Å². The van der Waals surface area contributed by atoms with Crippen molar-refractivity contribution in [1.82, 2.24) is 24.9 Å². The van der Waals surface area contributed by atoms with Crippen molar-refractivity contribution in [3.8, 4) is 5.69 Å². The number of oxazole rings is 1. The van der Waals surface area contributed by atoms with Gasteiger partial charge in [-0.3, -0.25) is 4.79 Å². The fourth-order valence-electron chi connectivity index (χ4n) is 3.96. The Balaban J connectivity index is 1.41. The van der Waals surface area contributed by atoms with Crippen molar-refractivity contribution in [2.24, 2.45) is 0 Å². The average Bonchev–Trinajstić information content (AvgIpc) is 3.21. The number of nitrogens with zero attached hydrogens (tertiary/aromatic N) is 5. The molecule has 1 aromatic carbocycles. The molecule has 2 aliphatic rings. The minimum atomic E-state index is -0.000859. The lowest BCUT2D eigenvalue weighted by Gasteiger charge is -2.37. The fraction of sp³-hybridized carbons (Fsp3) is 0.429. The lowest BCUT2D eigenvalue weighted by molar-refractivity contribution is 0.0596. The molecule has 0 bridgehead atoms. The number of carbonyl (C=O) groups excluding carboxylic acids is 1. The number of hydrogen-bond acceptors (Lipinski definition) is 5. The van der Waals surface area contributed by atoms with Crippen LogP contribution in [0.3, 0.4) is 0 Å². The van der Waals surface area contributed by atoms with E-state index >= 15 is 0 Å². The van der Waals surface area contributed by atoms with E-state index in [2.05, 4.69) is 22.1 Å². The first-order valence-corrected chi connectivity index (χ1v) is 9.93. The minimum Gasteiger partial charge on any atom is -0.445 e. The third-order valence-electron chi connectivity index (χ3n) is 5.78. The molecule has 2 atom stereocenters. The van der Waals surface area contributed by atoms with Crippen LogP contribution in [-0.2, 0) is 0 Å². The molecule has 7 nitrogen and oxygen atoms in total. The Morgan fingerprint density at radius 2 is 1.82 bits per heavy atom. The zero-order valence-corrected chi connectivity index (χ0v) is 15.9. The van der Waals surface area contributed by atoms with E-state index in [1.165, 1.54) is 17.6 Å². The topological polar surface area (TPSA) is 77.0 Å². The number of para-hydroxylation sites is 1. The minimum absolute atomic E-state index is 0.000859. The Kier molecular flexibility index (Phi) is 4.22. The summed E-state index contributed by atoms with van der Waals surface area (Å²) in [6.45, 7) is 2.72. The van der Waals surface area contributed by atoms with Crippen LogP contribution in [0, 0.1) is 0 Å². The van der Waals surface area contributed by atoms with Gasteiger partial charge in [0.25, 0.3) is 5.91 Å². The van der Waals surface area contributed by atoms with Crippen molar-refractivity contribution in [3.05, 3.63) is 60.1 Å². The Hall–Kier alpha value is -2.96. The van der Waals surface area contributed by atoms with Gasteiger partial charge < -0.3 is 9.32 Å². The second-order valence-corrected chi connectivity index (χ2v) is 7.79. The van der Waals surface area contributed by atoms with Crippen molar-refractivity contribution in [2.75, 3.05) is 6.54 Å². The number of hydrogen-bond donors (Lipinski definition) is 0. The summed E-state index contributed by atoms with van der Waals surface area (Å²) >= 11 is 0. The largest absolute Gasteiger partial charge is 0.445 e. The van der Waals surface area contributed by atoms with Gasteiger partial charge in [-0.1, -0.05) is 12.1 Å². The Bertz CT molecular complexity index is 976. The van der Waals surface area contributed by atoms with Crippen LogP contribution in [0.15, 0.2) is 47.3 Å². The molecule has 2 aromatic heterocycles. The van der Waals surface area contributed by atoms with Crippen LogP contribution in [-0.4, -0.2) is 43.4 Å². The van der Waals surface area contributed by atoms with Crippen LogP contribution in [0.1, 0.15) is 66.5 Å². The van der Waals surface area contributed by atoms with E-state index < -0.39 is 0 Å². The Morgan fingerprint density at radius 3 is 2.61 bits per heavy atom. The first kappa shape index (κ1) is 17.2. The predicted octanol–water partition coefficient (Wildman–Crippen LogP) is 3.54. The summed E-state index contributed by atoms with van der Waals surface area (Å²) < 4.78 is 6.03. The van der Waals surface area contributed by atoms with E-state index in [-0.39, 0.29) is 17.9 Å². The molecule has 28 heavy (non-hydrogen) atoms. The molecule has 1 aliphatic carbocycles. The van der Waals surface area contributed by atoms with Gasteiger partial charge >= 0.3 is 0 Å². The molecule has 1 amide bonds. The van der Waals surface area contributed by atoms with Gasteiger partial charge in [0.15, 0.2) is 5.89 Å². The molecule has 0 N–H and O–H groups in total. The van der Waals surface area contributed by atoms with Gasteiger partial charge in [0, 0.05) is 18.5 Å². The number of carbonyl (C=O) groups is 1. The summed E-state index contributed by atoms with van der Waals surface area (Å²) in [5.74, 6) is 2.46. The number of piperidine rings is 1. The molecular formula is C21H23N5O2. The van der Waals surface area contributed by atoms with Gasteiger partial charge in [0.1, 0.15) is 5.76 Å². The zero-order chi connectivity index (χ0) is 19.1. The maximum atomic E-state index is 13.4. The third kappa shape index (κ3) is 3.10. The first-order valence-electron chi connectivity index (χ1n) is 9.93. The first-order chi connectivity index (χ1) is 13.7. The highest BCUT2D eigenvalue weighted by Gasteiger charge is 2.35. The van der Waals surface area contributed by atoms with Gasteiger partial charge in [-0.15, -0.1) is 0 Å². The molecule has 5 rings (SSSR count). The van der Waals surface area contributed by atoms with E-state index in [1.807, 2.05) is 35.4 Å². The lowest BCUT2D eigenvalue weighted by atomic mass is 9.92. The molecule has 2 fully saturated rings. The molecule has 1 aliphatic heterocycles. The summed E-state index contributed by atoms with van der Waals surface area (Å²) in [5.41, 5.74) is 1.30. The molecule has 1 saturated carbocycles. The molecule has 3 aromatic rings. The number of benzene rings is 1. The number of likely N-dealkylation sites (tertiary alicyclic amines) is 1. The van der Waals surface area contributed by atoms with Gasteiger partial charge in [-0.05, 0) is 44.7 Å². The monoisotopic (exact) mass is 377 g/mol. The SMILES string of the molecule is C[C@@H]1CC[C@@H](c2ncc(C3CC3)o2)CN1C(=O)c1ccccc1-n1nccn1. The summed E-state index contributed by atoms with van der Waals surface area (Å²) in [4.78, 5) is 21.4. The Labute approximate surface area is 163 Å². The maximum absolute atomic E-state index is 13.4. The van der Waals surface area contributed by atoms with Crippen LogP contribution < -0.4 is 0 Å². The summed E-state index contributed by atoms with van der Waals surface area (Å²) in [6.07, 6.45) is 9.40. The van der Waals surface area contributed by atoms with Crippen LogP contribution >= 0.6 is 0 Å². The van der Waals surface area contributed by atoms with Crippen molar-refractivity contribution >= 4 is 5.91 Å². The lowest BCUT2D eigenvalue weighted by Crippen LogP contribution is -2.45. The molecule has 7 heteroatoms. The Morgan fingerprint density at radius 1 is 1.07 bits per heavy atom. The number of rotatable bonds is 4. The maximum Gasteiger partial charge on any atom is 0.256 e. The average molecular weight is 377 g/mol. The standard InChI is InChI=1S/C21H23N5O2/c1-14-6-7-16(20-22-12-19(28-20)15-8-9-15)13-25(14)21(27)17-4-2-3-5-18(17)26-23-10-11-24-26/h2-5,10-12,14-16H,6-9,13H2,1H3/t14-,16-/m1/s1. The normalized spacial score (nSPS) is 22.4. The van der Waals surface area contributed by atoms with Crippen molar-refractivity contribution in [1.29, 1.82) is 0 Å². The second kappa shape index (κ2) is 6.89. The van der Waals surface area contributed by atoms with Crippen molar-refractivity contribution in [3.63, 3.8) is 0 Å². The summed E-state index contributed by atoms with van der Waals surface area (Å²) in [6, 6.07) is 7.65. The van der Waals surface area contributed by atoms with Gasteiger partial charge in [-0.25, -0.2) is 4.98 Å². The highest BCUT2D eigenvalue weighted by Crippen LogP contribution is 2.41. The molecule has 144 valence electrons. The molecule has 1 saturated heterocycles. The summed E-state index contributed by atoms with van der Waals surface area (Å²) in [5, 5.41) is 8.38. The highest BCUT2D eigenvalue weighted by molar-refractivity contribution is 5.98. The molecule has 0 spiro atoms. The van der Waals surface area contributed by atoms with E-state index in [0.29, 0.717) is 23.7 Å². The highest BCUT2D eigenvalue weighted by atomic mass is 16.4.